The molecule has 0 heterocycles. The molecule has 0 aliphatic heterocycles. The highest BCUT2D eigenvalue weighted by molar-refractivity contribution is 5.40. The number of hydrogen-bond acceptors (Lipinski definition) is 3. The van der Waals surface area contributed by atoms with Crippen LogP contribution >= 0.6 is 0 Å². The van der Waals surface area contributed by atoms with Crippen LogP contribution < -0.4 is 10.1 Å². The number of aliphatic hydroxyl groups is 1. The van der Waals surface area contributed by atoms with E-state index in [1.165, 1.54) is 0 Å². The summed E-state index contributed by atoms with van der Waals surface area (Å²) in [5.74, 6) is 1.27. The third-order valence-corrected chi connectivity index (χ3v) is 2.85. The summed E-state index contributed by atoms with van der Waals surface area (Å²) in [5.41, 5.74) is 2.08. The SMILES string of the molecule is CCNCC(O)c1ccc(OC)c(C(C)C)c1. The minimum absolute atomic E-state index is 0.385. The zero-order chi connectivity index (χ0) is 12.8. The van der Waals surface area contributed by atoms with E-state index in [1.54, 1.807) is 7.11 Å². The number of nitrogens with one attached hydrogen (secondary N) is 1. The highest BCUT2D eigenvalue weighted by atomic mass is 16.5. The Hall–Kier alpha value is -1.06. The van der Waals surface area contributed by atoms with Gasteiger partial charge in [0.25, 0.3) is 0 Å². The van der Waals surface area contributed by atoms with Gasteiger partial charge in [0.2, 0.25) is 0 Å². The molecule has 2 N–H and O–H groups in total. The third-order valence-electron chi connectivity index (χ3n) is 2.85. The van der Waals surface area contributed by atoms with Crippen LogP contribution in [0.2, 0.25) is 0 Å². The summed E-state index contributed by atoms with van der Waals surface area (Å²) in [6.07, 6.45) is -0.460. The molecule has 1 atom stereocenters. The average molecular weight is 237 g/mol. The summed E-state index contributed by atoms with van der Waals surface area (Å²) in [5, 5.41) is 13.2. The summed E-state index contributed by atoms with van der Waals surface area (Å²) in [4.78, 5) is 0. The van der Waals surface area contributed by atoms with Crippen LogP contribution in [0, 0.1) is 0 Å². The maximum absolute atomic E-state index is 10.0. The molecule has 0 fully saturated rings. The third kappa shape index (κ3) is 3.72. The van der Waals surface area contributed by atoms with Gasteiger partial charge in [0, 0.05) is 6.54 Å². The first-order chi connectivity index (χ1) is 8.10. The fourth-order valence-corrected chi connectivity index (χ4v) is 1.81. The van der Waals surface area contributed by atoms with E-state index in [2.05, 4.69) is 19.2 Å². The predicted octanol–water partition coefficient (Wildman–Crippen LogP) is 2.46. The number of benzene rings is 1. The quantitative estimate of drug-likeness (QED) is 0.798. The lowest BCUT2D eigenvalue weighted by Gasteiger charge is -2.16. The van der Waals surface area contributed by atoms with E-state index >= 15 is 0 Å². The average Bonchev–Trinajstić information content (AvgIpc) is 2.34. The minimum Gasteiger partial charge on any atom is -0.496 e. The van der Waals surface area contributed by atoms with E-state index in [4.69, 9.17) is 4.74 Å². The molecule has 0 aliphatic rings. The van der Waals surface area contributed by atoms with Crippen molar-refractivity contribution in [3.8, 4) is 5.75 Å². The lowest BCUT2D eigenvalue weighted by atomic mass is 9.97. The van der Waals surface area contributed by atoms with Crippen LogP contribution in [0.15, 0.2) is 18.2 Å². The number of hydrogen-bond donors (Lipinski definition) is 2. The molecule has 1 unspecified atom stereocenters. The maximum Gasteiger partial charge on any atom is 0.122 e. The zero-order valence-electron chi connectivity index (χ0n) is 11.2. The number of ether oxygens (including phenoxy) is 1. The van der Waals surface area contributed by atoms with Crippen molar-refractivity contribution in [3.05, 3.63) is 29.3 Å². The normalized spacial score (nSPS) is 12.8. The van der Waals surface area contributed by atoms with Gasteiger partial charge in [-0.2, -0.15) is 0 Å². The number of likely N-dealkylation sites (N-methyl/N-ethyl adjacent to an activating group) is 1. The van der Waals surface area contributed by atoms with Crippen molar-refractivity contribution in [2.45, 2.75) is 32.8 Å². The molecule has 0 saturated heterocycles. The largest absolute Gasteiger partial charge is 0.496 e. The molecular weight excluding hydrogens is 214 g/mol. The second-order valence-electron chi connectivity index (χ2n) is 4.48. The standard InChI is InChI=1S/C14H23NO2/c1-5-15-9-13(16)11-6-7-14(17-4)12(8-11)10(2)3/h6-8,10,13,15-16H,5,9H2,1-4H3. The fraction of sp³-hybridized carbons (Fsp3) is 0.571. The molecule has 1 aromatic carbocycles. The van der Waals surface area contributed by atoms with Crippen LogP contribution in [0.4, 0.5) is 0 Å². The molecule has 0 saturated carbocycles. The molecule has 17 heavy (non-hydrogen) atoms. The zero-order valence-corrected chi connectivity index (χ0v) is 11.2. The molecule has 3 nitrogen and oxygen atoms in total. The Balaban J connectivity index is 2.91. The molecule has 3 heteroatoms. The summed E-state index contributed by atoms with van der Waals surface area (Å²) in [6, 6.07) is 5.89. The van der Waals surface area contributed by atoms with Crippen LogP contribution in [0.25, 0.3) is 0 Å². The van der Waals surface area contributed by atoms with Crippen LogP contribution in [0.3, 0.4) is 0 Å². The highest BCUT2D eigenvalue weighted by Gasteiger charge is 2.12. The Kier molecular flexibility index (Phi) is 5.45. The van der Waals surface area contributed by atoms with Gasteiger partial charge in [-0.05, 0) is 35.7 Å². The number of aliphatic hydroxyl groups excluding tert-OH is 1. The Labute approximate surface area is 104 Å². The molecule has 0 radical (unpaired) electrons. The molecule has 0 spiro atoms. The first kappa shape index (κ1) is 14.0. The molecule has 96 valence electrons. The van der Waals surface area contributed by atoms with Gasteiger partial charge in [-0.25, -0.2) is 0 Å². The number of rotatable bonds is 6. The van der Waals surface area contributed by atoms with Gasteiger partial charge >= 0.3 is 0 Å². The Morgan fingerprint density at radius 2 is 2.06 bits per heavy atom. The first-order valence-electron chi connectivity index (χ1n) is 6.16. The van der Waals surface area contributed by atoms with Crippen molar-refractivity contribution in [1.82, 2.24) is 5.32 Å². The van der Waals surface area contributed by atoms with Crippen molar-refractivity contribution in [2.24, 2.45) is 0 Å². The van der Waals surface area contributed by atoms with Gasteiger partial charge in [-0.3, -0.25) is 0 Å². The topological polar surface area (TPSA) is 41.5 Å². The predicted molar refractivity (Wildman–Crippen MR) is 70.6 cm³/mol. The van der Waals surface area contributed by atoms with Gasteiger partial charge in [-0.1, -0.05) is 26.8 Å². The monoisotopic (exact) mass is 237 g/mol. The lowest BCUT2D eigenvalue weighted by molar-refractivity contribution is 0.175. The minimum atomic E-state index is -0.460. The van der Waals surface area contributed by atoms with E-state index in [-0.39, 0.29) is 0 Å². The molecule has 0 aromatic heterocycles. The van der Waals surface area contributed by atoms with Gasteiger partial charge in [-0.15, -0.1) is 0 Å². The summed E-state index contributed by atoms with van der Waals surface area (Å²) in [7, 11) is 1.68. The Bertz CT molecular complexity index is 350. The second kappa shape index (κ2) is 6.62. The van der Waals surface area contributed by atoms with E-state index in [1.807, 2.05) is 25.1 Å². The van der Waals surface area contributed by atoms with Crippen molar-refractivity contribution in [1.29, 1.82) is 0 Å². The first-order valence-corrected chi connectivity index (χ1v) is 6.16. The molecule has 1 rings (SSSR count). The van der Waals surface area contributed by atoms with Crippen molar-refractivity contribution in [2.75, 3.05) is 20.2 Å². The number of methoxy groups -OCH3 is 1. The van der Waals surface area contributed by atoms with Crippen molar-refractivity contribution < 1.29 is 9.84 Å². The smallest absolute Gasteiger partial charge is 0.122 e. The van der Waals surface area contributed by atoms with Crippen LogP contribution in [-0.4, -0.2) is 25.3 Å². The molecule has 0 bridgehead atoms. The lowest BCUT2D eigenvalue weighted by Crippen LogP contribution is -2.21. The maximum atomic E-state index is 10.0. The van der Waals surface area contributed by atoms with E-state index < -0.39 is 6.10 Å². The second-order valence-corrected chi connectivity index (χ2v) is 4.48. The van der Waals surface area contributed by atoms with E-state index in [0.717, 1.165) is 23.4 Å². The van der Waals surface area contributed by atoms with Gasteiger partial charge in [0.15, 0.2) is 0 Å². The highest BCUT2D eigenvalue weighted by Crippen LogP contribution is 2.29. The van der Waals surface area contributed by atoms with Crippen LogP contribution in [0.1, 0.15) is 43.9 Å². The summed E-state index contributed by atoms with van der Waals surface area (Å²) in [6.45, 7) is 7.72. The molecule has 0 aliphatic carbocycles. The molecular formula is C14H23NO2. The Morgan fingerprint density at radius 1 is 1.35 bits per heavy atom. The van der Waals surface area contributed by atoms with Gasteiger partial charge in [0.1, 0.15) is 5.75 Å². The van der Waals surface area contributed by atoms with Crippen molar-refractivity contribution in [3.63, 3.8) is 0 Å². The Morgan fingerprint density at radius 3 is 2.59 bits per heavy atom. The van der Waals surface area contributed by atoms with E-state index in [9.17, 15) is 5.11 Å². The molecule has 0 amide bonds. The van der Waals surface area contributed by atoms with Crippen molar-refractivity contribution >= 4 is 0 Å². The summed E-state index contributed by atoms with van der Waals surface area (Å²) >= 11 is 0. The van der Waals surface area contributed by atoms with Gasteiger partial charge in [0.05, 0.1) is 13.2 Å². The summed E-state index contributed by atoms with van der Waals surface area (Å²) < 4.78 is 5.33. The van der Waals surface area contributed by atoms with E-state index in [0.29, 0.717) is 12.5 Å². The van der Waals surface area contributed by atoms with Crippen LogP contribution in [-0.2, 0) is 0 Å². The fourth-order valence-electron chi connectivity index (χ4n) is 1.81. The van der Waals surface area contributed by atoms with Gasteiger partial charge < -0.3 is 15.2 Å². The van der Waals surface area contributed by atoms with Crippen LogP contribution in [0.5, 0.6) is 5.75 Å². The molecule has 1 aromatic rings.